The van der Waals surface area contributed by atoms with Crippen molar-refractivity contribution in [3.63, 3.8) is 0 Å². The van der Waals surface area contributed by atoms with Gasteiger partial charge in [0.1, 0.15) is 5.82 Å². The van der Waals surface area contributed by atoms with Crippen molar-refractivity contribution in [1.29, 1.82) is 0 Å². The van der Waals surface area contributed by atoms with Gasteiger partial charge in [0.15, 0.2) is 0 Å². The molecule has 1 aliphatic rings. The number of rotatable bonds is 8. The highest BCUT2D eigenvalue weighted by Crippen LogP contribution is 2.23. The number of amides is 3. The molecule has 0 bridgehead atoms. The normalized spacial score (nSPS) is 15.6. The smallest absolute Gasteiger partial charge is 0.319 e. The van der Waals surface area contributed by atoms with Gasteiger partial charge in [-0.1, -0.05) is 26.7 Å². The topological polar surface area (TPSA) is 73.5 Å². The van der Waals surface area contributed by atoms with Crippen LogP contribution in [0.5, 0.6) is 0 Å². The van der Waals surface area contributed by atoms with Crippen LogP contribution in [0.2, 0.25) is 0 Å². The number of likely N-dealkylation sites (tertiary alicyclic amines) is 1. The molecular weight excluding hydrogens is 347 g/mol. The summed E-state index contributed by atoms with van der Waals surface area (Å²) in [7, 11) is 0. The summed E-state index contributed by atoms with van der Waals surface area (Å²) >= 11 is 0. The summed E-state index contributed by atoms with van der Waals surface area (Å²) in [5.41, 5.74) is 0.477. The van der Waals surface area contributed by atoms with Crippen LogP contribution in [-0.2, 0) is 4.79 Å². The van der Waals surface area contributed by atoms with Crippen LogP contribution in [0.25, 0.3) is 0 Å². The van der Waals surface area contributed by atoms with Crippen LogP contribution in [0, 0.1) is 11.7 Å². The zero-order valence-electron chi connectivity index (χ0n) is 16.5. The first kappa shape index (κ1) is 21.2. The number of anilines is 2. The summed E-state index contributed by atoms with van der Waals surface area (Å²) in [6.07, 6.45) is 4.52. The standard InChI is InChI=1S/C20H31FN4O2/c1-4-15(5-2)19(25-10-6-7-11-25)13-22-20(27)24-18-12-16(23-14(3)26)8-9-17(18)21/h8-9,12,15,19H,4-7,10-11,13H2,1-3H3,(H,23,26)(H2,22,24,27). The van der Waals surface area contributed by atoms with Crippen LogP contribution in [-0.4, -0.2) is 42.5 Å². The molecular formula is C20H31FN4O2. The molecule has 7 heteroatoms. The predicted molar refractivity (Wildman–Crippen MR) is 106 cm³/mol. The van der Waals surface area contributed by atoms with Gasteiger partial charge in [-0.3, -0.25) is 9.69 Å². The van der Waals surface area contributed by atoms with Gasteiger partial charge in [-0.05, 0) is 50.0 Å². The lowest BCUT2D eigenvalue weighted by molar-refractivity contribution is -0.114. The van der Waals surface area contributed by atoms with Gasteiger partial charge in [0.25, 0.3) is 0 Å². The van der Waals surface area contributed by atoms with Gasteiger partial charge in [0.05, 0.1) is 5.69 Å². The molecule has 0 spiro atoms. The summed E-state index contributed by atoms with van der Waals surface area (Å²) in [5, 5.41) is 8.03. The van der Waals surface area contributed by atoms with E-state index < -0.39 is 11.8 Å². The van der Waals surface area contributed by atoms with Crippen molar-refractivity contribution in [2.75, 3.05) is 30.3 Å². The number of hydrogen-bond acceptors (Lipinski definition) is 3. The van der Waals surface area contributed by atoms with Gasteiger partial charge in [0, 0.05) is 25.2 Å². The maximum Gasteiger partial charge on any atom is 0.319 e. The van der Waals surface area contributed by atoms with Crippen molar-refractivity contribution < 1.29 is 14.0 Å². The van der Waals surface area contributed by atoms with Crippen molar-refractivity contribution in [2.24, 2.45) is 5.92 Å². The molecule has 1 aliphatic heterocycles. The fourth-order valence-electron chi connectivity index (χ4n) is 3.77. The van der Waals surface area contributed by atoms with Crippen molar-refractivity contribution in [1.82, 2.24) is 10.2 Å². The van der Waals surface area contributed by atoms with E-state index in [0.29, 0.717) is 24.2 Å². The minimum absolute atomic E-state index is 0.0407. The summed E-state index contributed by atoms with van der Waals surface area (Å²) in [6.45, 7) is 8.40. The Kier molecular flexibility index (Phi) is 8.03. The molecule has 1 atom stereocenters. The first-order valence-electron chi connectivity index (χ1n) is 9.80. The zero-order valence-corrected chi connectivity index (χ0v) is 16.5. The Balaban J connectivity index is 1.98. The first-order valence-corrected chi connectivity index (χ1v) is 9.80. The van der Waals surface area contributed by atoms with Gasteiger partial charge >= 0.3 is 6.03 Å². The van der Waals surface area contributed by atoms with Crippen LogP contribution in [0.4, 0.5) is 20.6 Å². The predicted octanol–water partition coefficient (Wildman–Crippen LogP) is 3.81. The summed E-state index contributed by atoms with van der Waals surface area (Å²) < 4.78 is 14.0. The second-order valence-corrected chi connectivity index (χ2v) is 7.10. The van der Waals surface area contributed by atoms with E-state index in [2.05, 4.69) is 34.7 Å². The Labute approximate surface area is 160 Å². The molecule has 0 saturated carbocycles. The molecule has 1 heterocycles. The first-order chi connectivity index (χ1) is 12.9. The molecule has 0 radical (unpaired) electrons. The fourth-order valence-corrected chi connectivity index (χ4v) is 3.77. The fraction of sp³-hybridized carbons (Fsp3) is 0.600. The van der Waals surface area contributed by atoms with Gasteiger partial charge in [-0.25, -0.2) is 9.18 Å². The second kappa shape index (κ2) is 10.3. The van der Waals surface area contributed by atoms with Crippen molar-refractivity contribution in [3.8, 4) is 0 Å². The number of nitrogens with one attached hydrogen (secondary N) is 3. The van der Waals surface area contributed by atoms with Crippen molar-refractivity contribution >= 4 is 23.3 Å². The second-order valence-electron chi connectivity index (χ2n) is 7.10. The van der Waals surface area contributed by atoms with Gasteiger partial charge in [-0.15, -0.1) is 0 Å². The van der Waals surface area contributed by atoms with E-state index in [1.54, 1.807) is 0 Å². The van der Waals surface area contributed by atoms with E-state index in [-0.39, 0.29) is 11.6 Å². The number of carbonyl (C=O) groups excluding carboxylic acids is 2. The van der Waals surface area contributed by atoms with E-state index in [4.69, 9.17) is 0 Å². The summed E-state index contributed by atoms with van der Waals surface area (Å²) in [6, 6.07) is 3.94. The van der Waals surface area contributed by atoms with Crippen LogP contribution in [0.1, 0.15) is 46.5 Å². The van der Waals surface area contributed by atoms with Gasteiger partial charge < -0.3 is 16.0 Å². The van der Waals surface area contributed by atoms with E-state index in [9.17, 15) is 14.0 Å². The Bertz CT molecular complexity index is 641. The van der Waals surface area contributed by atoms with Crippen LogP contribution < -0.4 is 16.0 Å². The molecule has 27 heavy (non-hydrogen) atoms. The Morgan fingerprint density at radius 2 is 1.81 bits per heavy atom. The van der Waals surface area contributed by atoms with Crippen molar-refractivity contribution in [3.05, 3.63) is 24.0 Å². The van der Waals surface area contributed by atoms with Crippen molar-refractivity contribution in [2.45, 2.75) is 52.5 Å². The largest absolute Gasteiger partial charge is 0.336 e. The maximum absolute atomic E-state index is 14.0. The minimum atomic E-state index is -0.546. The molecule has 1 aromatic rings. The molecule has 0 aromatic heterocycles. The molecule has 1 unspecified atom stereocenters. The number of hydrogen-bond donors (Lipinski definition) is 3. The molecule has 1 fully saturated rings. The number of nitrogens with zero attached hydrogens (tertiary/aromatic N) is 1. The Morgan fingerprint density at radius 3 is 2.41 bits per heavy atom. The molecule has 1 saturated heterocycles. The van der Waals surface area contributed by atoms with Crippen LogP contribution >= 0.6 is 0 Å². The van der Waals surface area contributed by atoms with Crippen LogP contribution in [0.15, 0.2) is 18.2 Å². The number of carbonyl (C=O) groups is 2. The molecule has 2 rings (SSSR count). The maximum atomic E-state index is 14.0. The summed E-state index contributed by atoms with van der Waals surface area (Å²) in [5.74, 6) is -0.283. The lowest BCUT2D eigenvalue weighted by atomic mass is 9.93. The molecule has 3 N–H and O–H groups in total. The molecule has 6 nitrogen and oxygen atoms in total. The van der Waals surface area contributed by atoms with E-state index in [1.807, 2.05) is 0 Å². The summed E-state index contributed by atoms with van der Waals surface area (Å²) in [4.78, 5) is 25.9. The zero-order chi connectivity index (χ0) is 19.8. The Morgan fingerprint density at radius 1 is 1.15 bits per heavy atom. The minimum Gasteiger partial charge on any atom is -0.336 e. The third-order valence-corrected chi connectivity index (χ3v) is 5.21. The number of urea groups is 1. The number of benzene rings is 1. The quantitative estimate of drug-likeness (QED) is 0.644. The monoisotopic (exact) mass is 378 g/mol. The highest BCUT2D eigenvalue weighted by molar-refractivity contribution is 5.92. The lowest BCUT2D eigenvalue weighted by Crippen LogP contribution is -2.47. The molecule has 150 valence electrons. The third-order valence-electron chi connectivity index (χ3n) is 5.21. The van der Waals surface area contributed by atoms with E-state index in [1.165, 1.54) is 38.0 Å². The third kappa shape index (κ3) is 6.20. The lowest BCUT2D eigenvalue weighted by Gasteiger charge is -2.33. The molecule has 3 amide bonds. The molecule has 1 aromatic carbocycles. The van der Waals surface area contributed by atoms with Crippen LogP contribution in [0.3, 0.4) is 0 Å². The SMILES string of the molecule is CCC(CC)C(CNC(=O)Nc1cc(NC(C)=O)ccc1F)N1CCCC1. The Hall–Kier alpha value is -2.15. The highest BCUT2D eigenvalue weighted by atomic mass is 19.1. The highest BCUT2D eigenvalue weighted by Gasteiger charge is 2.27. The number of halogens is 1. The van der Waals surface area contributed by atoms with E-state index >= 15 is 0 Å². The average molecular weight is 378 g/mol. The van der Waals surface area contributed by atoms with Gasteiger partial charge in [0.2, 0.25) is 5.91 Å². The molecule has 0 aliphatic carbocycles. The average Bonchev–Trinajstić information content (AvgIpc) is 3.15. The van der Waals surface area contributed by atoms with E-state index in [0.717, 1.165) is 25.9 Å². The van der Waals surface area contributed by atoms with Gasteiger partial charge in [-0.2, -0.15) is 0 Å².